The third-order valence-corrected chi connectivity index (χ3v) is 3.18. The molecular weight excluding hydrogens is 228 g/mol. The molecule has 0 aliphatic heterocycles. The fraction of sp³-hybridized carbons (Fsp3) is 0.600. The van der Waals surface area contributed by atoms with Crippen molar-refractivity contribution in [2.24, 2.45) is 0 Å². The molecule has 6 heteroatoms. The number of aliphatic hydroxyl groups is 1. The number of nitrogens with zero attached hydrogens (tertiary/aromatic N) is 2. The first kappa shape index (κ1) is 11.4. The number of rotatable bonds is 2. The molecule has 16 heavy (non-hydrogen) atoms. The first-order valence-electron chi connectivity index (χ1n) is 5.37. The standard InChI is InChI=1S/C10H15ClN4O/c11-8-9(12)13-5-14-10(8)15-6-2-1-3-7(16)4-6/h5-7,16H,1-4H2,(H3,12,13,14,15). The van der Waals surface area contributed by atoms with Gasteiger partial charge in [-0.25, -0.2) is 9.97 Å². The SMILES string of the molecule is Nc1ncnc(NC2CCCC(O)C2)c1Cl. The Morgan fingerprint density at radius 1 is 1.44 bits per heavy atom. The van der Waals surface area contributed by atoms with E-state index in [4.69, 9.17) is 17.3 Å². The number of nitrogen functional groups attached to an aromatic ring is 1. The van der Waals surface area contributed by atoms with Gasteiger partial charge in [-0.05, 0) is 25.7 Å². The number of halogens is 1. The Kier molecular flexibility index (Phi) is 3.46. The summed E-state index contributed by atoms with van der Waals surface area (Å²) in [6.45, 7) is 0. The van der Waals surface area contributed by atoms with Gasteiger partial charge in [0.2, 0.25) is 0 Å². The summed E-state index contributed by atoms with van der Waals surface area (Å²) in [5.74, 6) is 0.823. The average Bonchev–Trinajstić information content (AvgIpc) is 2.25. The number of anilines is 2. The molecule has 88 valence electrons. The summed E-state index contributed by atoms with van der Waals surface area (Å²) >= 11 is 5.97. The van der Waals surface area contributed by atoms with Gasteiger partial charge in [0, 0.05) is 6.04 Å². The molecule has 4 N–H and O–H groups in total. The lowest BCUT2D eigenvalue weighted by molar-refractivity contribution is 0.124. The van der Waals surface area contributed by atoms with Crippen LogP contribution in [0, 0.1) is 0 Å². The van der Waals surface area contributed by atoms with Crippen molar-refractivity contribution in [3.05, 3.63) is 11.3 Å². The van der Waals surface area contributed by atoms with Crippen LogP contribution in [0.5, 0.6) is 0 Å². The lowest BCUT2D eigenvalue weighted by Crippen LogP contribution is -2.30. The van der Waals surface area contributed by atoms with Crippen LogP contribution < -0.4 is 11.1 Å². The highest BCUT2D eigenvalue weighted by Gasteiger charge is 2.21. The third-order valence-electron chi connectivity index (χ3n) is 2.80. The molecule has 1 aromatic heterocycles. The lowest BCUT2D eigenvalue weighted by atomic mass is 9.93. The Bertz CT molecular complexity index is 374. The molecule has 2 atom stereocenters. The van der Waals surface area contributed by atoms with Crippen LogP contribution in [0.2, 0.25) is 5.02 Å². The summed E-state index contributed by atoms with van der Waals surface area (Å²) in [4.78, 5) is 7.84. The highest BCUT2D eigenvalue weighted by Crippen LogP contribution is 2.27. The van der Waals surface area contributed by atoms with Gasteiger partial charge < -0.3 is 16.2 Å². The number of nitrogens with one attached hydrogen (secondary N) is 1. The first-order chi connectivity index (χ1) is 7.66. The van der Waals surface area contributed by atoms with E-state index in [9.17, 15) is 5.11 Å². The molecule has 1 aromatic rings. The van der Waals surface area contributed by atoms with Crippen LogP contribution in [0.1, 0.15) is 25.7 Å². The van der Waals surface area contributed by atoms with Crippen LogP contribution >= 0.6 is 11.6 Å². The maximum absolute atomic E-state index is 9.55. The van der Waals surface area contributed by atoms with E-state index in [0.29, 0.717) is 10.8 Å². The molecule has 0 saturated heterocycles. The molecule has 0 aromatic carbocycles. The van der Waals surface area contributed by atoms with Crippen molar-refractivity contribution in [2.45, 2.75) is 37.8 Å². The molecule has 5 nitrogen and oxygen atoms in total. The van der Waals surface area contributed by atoms with Crippen molar-refractivity contribution in [3.8, 4) is 0 Å². The minimum Gasteiger partial charge on any atom is -0.393 e. The molecule has 2 unspecified atom stereocenters. The van der Waals surface area contributed by atoms with Crippen LogP contribution in [-0.4, -0.2) is 27.2 Å². The normalized spacial score (nSPS) is 25.4. The summed E-state index contributed by atoms with van der Waals surface area (Å²) < 4.78 is 0. The van der Waals surface area contributed by atoms with Gasteiger partial charge in [0.25, 0.3) is 0 Å². The Hall–Kier alpha value is -1.07. The number of aliphatic hydroxyl groups excluding tert-OH is 1. The van der Waals surface area contributed by atoms with E-state index in [2.05, 4.69) is 15.3 Å². The minimum absolute atomic E-state index is 0.204. The quantitative estimate of drug-likeness (QED) is 0.731. The first-order valence-corrected chi connectivity index (χ1v) is 5.75. The van der Waals surface area contributed by atoms with Crippen LogP contribution in [0.25, 0.3) is 0 Å². The Balaban J connectivity index is 2.05. The summed E-state index contributed by atoms with van der Waals surface area (Å²) in [5.41, 5.74) is 5.58. The van der Waals surface area contributed by atoms with Crippen LogP contribution in [0.4, 0.5) is 11.6 Å². The molecule has 1 aliphatic rings. The van der Waals surface area contributed by atoms with Crippen molar-refractivity contribution in [3.63, 3.8) is 0 Å². The maximum Gasteiger partial charge on any atom is 0.150 e. The van der Waals surface area contributed by atoms with Crippen LogP contribution in [0.15, 0.2) is 6.33 Å². The smallest absolute Gasteiger partial charge is 0.150 e. The van der Waals surface area contributed by atoms with Gasteiger partial charge in [-0.15, -0.1) is 0 Å². The zero-order valence-corrected chi connectivity index (χ0v) is 9.61. The van der Waals surface area contributed by atoms with E-state index in [1.165, 1.54) is 6.33 Å². The zero-order valence-electron chi connectivity index (χ0n) is 8.86. The Morgan fingerprint density at radius 3 is 3.00 bits per heavy atom. The second-order valence-electron chi connectivity index (χ2n) is 4.08. The lowest BCUT2D eigenvalue weighted by Gasteiger charge is -2.27. The number of aromatic nitrogens is 2. The predicted molar refractivity (Wildman–Crippen MR) is 63.3 cm³/mol. The van der Waals surface area contributed by atoms with E-state index >= 15 is 0 Å². The van der Waals surface area contributed by atoms with Gasteiger partial charge in [0.15, 0.2) is 5.82 Å². The van der Waals surface area contributed by atoms with Gasteiger partial charge >= 0.3 is 0 Å². The molecule has 1 saturated carbocycles. The highest BCUT2D eigenvalue weighted by molar-refractivity contribution is 6.35. The maximum atomic E-state index is 9.55. The zero-order chi connectivity index (χ0) is 11.5. The summed E-state index contributed by atoms with van der Waals surface area (Å²) in [6, 6.07) is 0.204. The fourth-order valence-electron chi connectivity index (χ4n) is 1.97. The minimum atomic E-state index is -0.232. The van der Waals surface area contributed by atoms with E-state index in [-0.39, 0.29) is 18.0 Å². The largest absolute Gasteiger partial charge is 0.393 e. The van der Waals surface area contributed by atoms with Gasteiger partial charge in [0.05, 0.1) is 6.10 Å². The second kappa shape index (κ2) is 4.84. The summed E-state index contributed by atoms with van der Waals surface area (Å²) in [7, 11) is 0. The van der Waals surface area contributed by atoms with Gasteiger partial charge in [-0.2, -0.15) is 0 Å². The molecule has 1 fully saturated rings. The molecule has 0 bridgehead atoms. The van der Waals surface area contributed by atoms with Crippen molar-refractivity contribution < 1.29 is 5.11 Å². The molecule has 0 spiro atoms. The van der Waals surface area contributed by atoms with E-state index < -0.39 is 0 Å². The van der Waals surface area contributed by atoms with E-state index in [0.717, 1.165) is 25.7 Å². The molecule has 2 rings (SSSR count). The number of nitrogens with two attached hydrogens (primary N) is 1. The monoisotopic (exact) mass is 242 g/mol. The van der Waals surface area contributed by atoms with Crippen molar-refractivity contribution in [2.75, 3.05) is 11.1 Å². The summed E-state index contributed by atoms with van der Waals surface area (Å²) in [5, 5.41) is 13.1. The van der Waals surface area contributed by atoms with Gasteiger partial charge in [-0.1, -0.05) is 11.6 Å². The predicted octanol–water partition coefficient (Wildman–Crippen LogP) is 1.43. The van der Waals surface area contributed by atoms with E-state index in [1.807, 2.05) is 0 Å². The van der Waals surface area contributed by atoms with Crippen molar-refractivity contribution in [1.29, 1.82) is 0 Å². The Morgan fingerprint density at radius 2 is 2.25 bits per heavy atom. The topological polar surface area (TPSA) is 84.1 Å². The molecule has 1 heterocycles. The molecule has 1 aliphatic carbocycles. The number of hydrogen-bond acceptors (Lipinski definition) is 5. The average molecular weight is 243 g/mol. The van der Waals surface area contributed by atoms with E-state index in [1.54, 1.807) is 0 Å². The highest BCUT2D eigenvalue weighted by atomic mass is 35.5. The van der Waals surface area contributed by atoms with Crippen LogP contribution in [0.3, 0.4) is 0 Å². The Labute approximate surface area is 99.0 Å². The molecular formula is C10H15ClN4O. The summed E-state index contributed by atoms with van der Waals surface area (Å²) in [6.07, 6.45) is 4.76. The van der Waals surface area contributed by atoms with Gasteiger partial charge in [0.1, 0.15) is 17.2 Å². The van der Waals surface area contributed by atoms with Crippen molar-refractivity contribution in [1.82, 2.24) is 9.97 Å². The number of hydrogen-bond donors (Lipinski definition) is 3. The van der Waals surface area contributed by atoms with Gasteiger partial charge in [-0.3, -0.25) is 0 Å². The molecule has 0 amide bonds. The third kappa shape index (κ3) is 2.54. The van der Waals surface area contributed by atoms with Crippen molar-refractivity contribution >= 4 is 23.2 Å². The molecule has 0 radical (unpaired) electrons. The fourth-order valence-corrected chi connectivity index (χ4v) is 2.12. The second-order valence-corrected chi connectivity index (χ2v) is 4.46. The van der Waals surface area contributed by atoms with Crippen LogP contribution in [-0.2, 0) is 0 Å².